The van der Waals surface area contributed by atoms with Crippen LogP contribution in [0, 0.1) is 6.92 Å². The Balaban J connectivity index is 1.48. The minimum Gasteiger partial charge on any atom is -0.489 e. The SMILES string of the molecule is COCCOC(=O)C1=C(C)N=c2sc(=Cc3ccc(OCc4cccc(C)c4)cc3)c(=O)n2C1c1ccc(C(C)C)cc1. The normalized spacial score (nSPS) is 14.9. The molecule has 8 heteroatoms. The number of esters is 1. The van der Waals surface area contributed by atoms with E-state index in [2.05, 4.69) is 37.9 Å². The molecule has 0 spiro atoms. The Kier molecular flexibility index (Phi) is 9.38. The molecule has 3 aromatic carbocycles. The zero-order valence-electron chi connectivity index (χ0n) is 25.1. The molecule has 0 aliphatic carbocycles. The van der Waals surface area contributed by atoms with Crippen LogP contribution in [0.15, 0.2) is 93.9 Å². The number of benzene rings is 3. The van der Waals surface area contributed by atoms with Crippen molar-refractivity contribution in [2.24, 2.45) is 4.99 Å². The summed E-state index contributed by atoms with van der Waals surface area (Å²) >= 11 is 1.31. The first-order valence-corrected chi connectivity index (χ1v) is 15.1. The van der Waals surface area contributed by atoms with Gasteiger partial charge in [0, 0.05) is 7.11 Å². The van der Waals surface area contributed by atoms with Crippen LogP contribution in [0.25, 0.3) is 6.08 Å². The van der Waals surface area contributed by atoms with Gasteiger partial charge in [-0.2, -0.15) is 0 Å². The molecule has 0 saturated heterocycles. The highest BCUT2D eigenvalue weighted by Crippen LogP contribution is 2.31. The van der Waals surface area contributed by atoms with Crippen molar-refractivity contribution in [3.05, 3.63) is 132 Å². The van der Waals surface area contributed by atoms with E-state index in [4.69, 9.17) is 14.2 Å². The van der Waals surface area contributed by atoms with Gasteiger partial charge in [0.05, 0.1) is 28.5 Å². The number of methoxy groups -OCH3 is 1. The molecule has 0 saturated carbocycles. The number of allylic oxidation sites excluding steroid dienone is 1. The lowest BCUT2D eigenvalue weighted by Crippen LogP contribution is -2.40. The van der Waals surface area contributed by atoms with E-state index in [9.17, 15) is 9.59 Å². The Labute approximate surface area is 255 Å². The van der Waals surface area contributed by atoms with Crippen molar-refractivity contribution in [3.8, 4) is 5.75 Å². The van der Waals surface area contributed by atoms with Crippen molar-refractivity contribution in [1.82, 2.24) is 4.57 Å². The summed E-state index contributed by atoms with van der Waals surface area (Å²) < 4.78 is 18.7. The van der Waals surface area contributed by atoms with E-state index in [1.54, 1.807) is 18.6 Å². The second-order valence-electron chi connectivity index (χ2n) is 10.9. The van der Waals surface area contributed by atoms with Crippen LogP contribution in [0.2, 0.25) is 0 Å². The van der Waals surface area contributed by atoms with Crippen LogP contribution in [-0.4, -0.2) is 30.9 Å². The summed E-state index contributed by atoms with van der Waals surface area (Å²) in [5, 5.41) is 0. The maximum absolute atomic E-state index is 13.9. The van der Waals surface area contributed by atoms with E-state index in [0.717, 1.165) is 22.4 Å². The quantitative estimate of drug-likeness (QED) is 0.180. The molecule has 1 aliphatic rings. The molecule has 43 heavy (non-hydrogen) atoms. The summed E-state index contributed by atoms with van der Waals surface area (Å²) in [5.41, 5.74) is 5.82. The molecule has 0 fully saturated rings. The number of fused-ring (bicyclic) bond motifs is 1. The molecule has 7 nitrogen and oxygen atoms in total. The van der Waals surface area contributed by atoms with Gasteiger partial charge in [0.2, 0.25) is 0 Å². The molecule has 0 radical (unpaired) electrons. The molecule has 1 aliphatic heterocycles. The molecule has 5 rings (SSSR count). The molecule has 0 N–H and O–H groups in total. The van der Waals surface area contributed by atoms with Crippen LogP contribution >= 0.6 is 11.3 Å². The largest absolute Gasteiger partial charge is 0.489 e. The van der Waals surface area contributed by atoms with Crippen LogP contribution in [0.4, 0.5) is 0 Å². The third kappa shape index (κ3) is 6.87. The molecule has 2 heterocycles. The Bertz CT molecular complexity index is 1820. The number of aromatic nitrogens is 1. The molecule has 1 atom stereocenters. The van der Waals surface area contributed by atoms with Gasteiger partial charge in [-0.3, -0.25) is 9.36 Å². The molecule has 1 unspecified atom stereocenters. The predicted molar refractivity (Wildman–Crippen MR) is 169 cm³/mol. The predicted octanol–water partition coefficient (Wildman–Crippen LogP) is 5.44. The summed E-state index contributed by atoms with van der Waals surface area (Å²) in [4.78, 5) is 32.5. The van der Waals surface area contributed by atoms with E-state index in [1.807, 2.05) is 66.7 Å². The molecular formula is C35H36N2O5S. The fraction of sp³-hybridized carbons (Fsp3) is 0.286. The van der Waals surface area contributed by atoms with Crippen LogP contribution < -0.4 is 19.6 Å². The van der Waals surface area contributed by atoms with E-state index in [1.165, 1.54) is 22.5 Å². The smallest absolute Gasteiger partial charge is 0.338 e. The van der Waals surface area contributed by atoms with Crippen molar-refractivity contribution >= 4 is 23.4 Å². The zero-order chi connectivity index (χ0) is 30.5. The van der Waals surface area contributed by atoms with Crippen LogP contribution in [0.1, 0.15) is 60.5 Å². The Morgan fingerprint density at radius 3 is 2.44 bits per heavy atom. The maximum Gasteiger partial charge on any atom is 0.338 e. The average Bonchev–Trinajstić information content (AvgIpc) is 3.30. The third-order valence-electron chi connectivity index (χ3n) is 7.35. The third-order valence-corrected chi connectivity index (χ3v) is 8.33. The number of rotatable bonds is 10. The molecule has 0 bridgehead atoms. The van der Waals surface area contributed by atoms with Gasteiger partial charge in [0.1, 0.15) is 19.0 Å². The molecule has 4 aromatic rings. The summed E-state index contributed by atoms with van der Waals surface area (Å²) in [6.45, 7) is 8.97. The lowest BCUT2D eigenvalue weighted by Gasteiger charge is -2.25. The van der Waals surface area contributed by atoms with E-state index < -0.39 is 12.0 Å². The van der Waals surface area contributed by atoms with Crippen molar-refractivity contribution in [3.63, 3.8) is 0 Å². The van der Waals surface area contributed by atoms with E-state index in [-0.39, 0.29) is 18.8 Å². The van der Waals surface area contributed by atoms with Crippen molar-refractivity contribution in [1.29, 1.82) is 0 Å². The minimum absolute atomic E-state index is 0.111. The monoisotopic (exact) mass is 596 g/mol. The highest BCUT2D eigenvalue weighted by Gasteiger charge is 2.33. The first-order valence-electron chi connectivity index (χ1n) is 14.3. The van der Waals surface area contributed by atoms with E-state index in [0.29, 0.717) is 33.1 Å². The lowest BCUT2D eigenvalue weighted by atomic mass is 9.93. The summed E-state index contributed by atoms with van der Waals surface area (Å²) in [5.74, 6) is 0.593. The minimum atomic E-state index is -0.660. The highest BCUT2D eigenvalue weighted by molar-refractivity contribution is 7.07. The van der Waals surface area contributed by atoms with Gasteiger partial charge >= 0.3 is 5.97 Å². The first kappa shape index (κ1) is 30.2. The lowest BCUT2D eigenvalue weighted by molar-refractivity contribution is -0.140. The van der Waals surface area contributed by atoms with E-state index >= 15 is 0 Å². The Hall–Kier alpha value is -4.27. The van der Waals surface area contributed by atoms with Gasteiger partial charge in [-0.1, -0.05) is 91.4 Å². The molecule has 1 aromatic heterocycles. The Morgan fingerprint density at radius 1 is 1.02 bits per heavy atom. The number of carbonyl (C=O) groups excluding carboxylic acids is 1. The zero-order valence-corrected chi connectivity index (χ0v) is 25.9. The number of carbonyl (C=O) groups is 1. The van der Waals surface area contributed by atoms with Crippen molar-refractivity contribution < 1.29 is 19.0 Å². The second kappa shape index (κ2) is 13.4. The van der Waals surface area contributed by atoms with Gasteiger partial charge in [0.15, 0.2) is 4.80 Å². The van der Waals surface area contributed by atoms with Crippen molar-refractivity contribution in [2.75, 3.05) is 20.3 Å². The second-order valence-corrected chi connectivity index (χ2v) is 11.9. The van der Waals surface area contributed by atoms with Crippen LogP contribution in [0.3, 0.4) is 0 Å². The standard InChI is InChI=1S/C35H36N2O5S/c1-22(2)27-11-13-28(14-12-27)32-31(34(39)41-18-17-40-5)24(4)36-35-37(32)33(38)30(43-35)20-25-9-15-29(16-10-25)42-21-26-8-6-7-23(3)19-26/h6-16,19-20,22,32H,17-18,21H2,1-5H3. The molecule has 0 amide bonds. The summed E-state index contributed by atoms with van der Waals surface area (Å²) in [7, 11) is 1.55. The van der Waals surface area contributed by atoms with Gasteiger partial charge in [0.25, 0.3) is 5.56 Å². The molecule has 222 valence electrons. The van der Waals surface area contributed by atoms with Crippen LogP contribution in [-0.2, 0) is 20.9 Å². The fourth-order valence-corrected chi connectivity index (χ4v) is 6.08. The fourth-order valence-electron chi connectivity index (χ4n) is 5.04. The maximum atomic E-state index is 13.9. The number of nitrogens with zero attached hydrogens (tertiary/aromatic N) is 2. The number of ether oxygens (including phenoxy) is 3. The number of aryl methyl sites for hydroxylation is 1. The van der Waals surface area contributed by atoms with Gasteiger partial charge in [-0.15, -0.1) is 0 Å². The van der Waals surface area contributed by atoms with Gasteiger partial charge in [-0.25, -0.2) is 9.79 Å². The van der Waals surface area contributed by atoms with Gasteiger partial charge < -0.3 is 14.2 Å². The molecular weight excluding hydrogens is 560 g/mol. The average molecular weight is 597 g/mol. The van der Waals surface area contributed by atoms with Gasteiger partial charge in [-0.05, 0) is 60.2 Å². The van der Waals surface area contributed by atoms with Crippen LogP contribution in [0.5, 0.6) is 5.75 Å². The first-order chi connectivity index (χ1) is 20.7. The Morgan fingerprint density at radius 2 is 1.77 bits per heavy atom. The van der Waals surface area contributed by atoms with Crippen molar-refractivity contribution in [2.45, 2.75) is 46.3 Å². The number of thiazole rings is 1. The summed E-state index contributed by atoms with van der Waals surface area (Å²) in [6.07, 6.45) is 1.85. The number of hydrogen-bond acceptors (Lipinski definition) is 7. The summed E-state index contributed by atoms with van der Waals surface area (Å²) in [6, 6.07) is 23.3. The topological polar surface area (TPSA) is 79.1 Å². The number of hydrogen-bond donors (Lipinski definition) is 0. The highest BCUT2D eigenvalue weighted by atomic mass is 32.1.